The zero-order valence-corrected chi connectivity index (χ0v) is 41.8. The Hall–Kier alpha value is -2.00. The Morgan fingerprint density at radius 1 is 0.523 bits per heavy atom. The maximum Gasteiger partial charge on any atom is 0.472 e. The van der Waals surface area contributed by atoms with Gasteiger partial charge in [-0.25, -0.2) is 9.13 Å². The lowest BCUT2D eigenvalue weighted by atomic mass is 10.0. The first-order chi connectivity index (χ1) is 31.0. The molecule has 0 saturated carbocycles. The van der Waals surface area contributed by atoms with E-state index in [9.17, 15) is 38.9 Å². The smallest absolute Gasteiger partial charge is 0.462 e. The largest absolute Gasteiger partial charge is 0.472 e. The first-order valence-corrected chi connectivity index (χ1v) is 27.4. The molecule has 0 radical (unpaired) electrons. The SMILES string of the molecule is CCCCC[C@@H](O)/C=C/C=C\C/C=C\C=C\[C@@H](O)CCCC(=O)O[C@H](COC(=O)CCCCCCCCCCCCCCCCCCC(C)C)COP(=O)(O)OC[C@@H](O)COP(=O)(O)O. The van der Waals surface area contributed by atoms with Crippen molar-refractivity contribution in [2.75, 3.05) is 26.4 Å². The summed E-state index contributed by atoms with van der Waals surface area (Å²) in [7, 11) is -9.77. The van der Waals surface area contributed by atoms with Crippen molar-refractivity contribution in [2.45, 2.75) is 212 Å². The number of aliphatic hydroxyl groups is 3. The van der Waals surface area contributed by atoms with Crippen molar-refractivity contribution in [1.29, 1.82) is 0 Å². The predicted octanol–water partition coefficient (Wildman–Crippen LogP) is 10.8. The molecule has 0 saturated heterocycles. The first-order valence-electron chi connectivity index (χ1n) is 24.4. The summed E-state index contributed by atoms with van der Waals surface area (Å²) in [5.41, 5.74) is 0. The average molecular weight is 967 g/mol. The molecule has 6 N–H and O–H groups in total. The van der Waals surface area contributed by atoms with E-state index in [1.165, 1.54) is 83.5 Å². The Labute approximate surface area is 391 Å². The van der Waals surface area contributed by atoms with Gasteiger partial charge in [-0.2, -0.15) is 0 Å². The molecule has 17 heteroatoms. The van der Waals surface area contributed by atoms with Gasteiger partial charge in [-0.1, -0.05) is 191 Å². The van der Waals surface area contributed by atoms with E-state index in [0.29, 0.717) is 12.8 Å². The molecular formula is C48H88O15P2. The van der Waals surface area contributed by atoms with Crippen LogP contribution in [0.4, 0.5) is 0 Å². The second kappa shape index (κ2) is 42.1. The summed E-state index contributed by atoms with van der Waals surface area (Å²) in [5.74, 6) is -0.440. The van der Waals surface area contributed by atoms with Crippen LogP contribution in [0.3, 0.4) is 0 Å². The van der Waals surface area contributed by atoms with Crippen molar-refractivity contribution in [3.63, 3.8) is 0 Å². The molecule has 65 heavy (non-hydrogen) atoms. The number of unbranched alkanes of at least 4 members (excludes halogenated alkanes) is 17. The van der Waals surface area contributed by atoms with Crippen molar-refractivity contribution in [3.8, 4) is 0 Å². The van der Waals surface area contributed by atoms with Crippen LogP contribution in [-0.4, -0.2) is 92.8 Å². The number of ether oxygens (including phenoxy) is 2. The maximum absolute atomic E-state index is 12.7. The number of aliphatic hydroxyl groups excluding tert-OH is 3. The third kappa shape index (κ3) is 46.9. The van der Waals surface area contributed by atoms with Crippen LogP contribution in [0.25, 0.3) is 0 Å². The quantitative estimate of drug-likeness (QED) is 0.0144. The molecule has 0 spiro atoms. The zero-order chi connectivity index (χ0) is 48.4. The fourth-order valence-electron chi connectivity index (χ4n) is 6.57. The highest BCUT2D eigenvalue weighted by atomic mass is 31.2. The van der Waals surface area contributed by atoms with E-state index >= 15 is 0 Å². The van der Waals surface area contributed by atoms with Gasteiger partial charge in [0.2, 0.25) is 0 Å². The summed E-state index contributed by atoms with van der Waals surface area (Å²) in [4.78, 5) is 52.9. The van der Waals surface area contributed by atoms with E-state index in [2.05, 4.69) is 29.8 Å². The number of carbonyl (C=O) groups is 2. The van der Waals surface area contributed by atoms with Crippen LogP contribution >= 0.6 is 15.6 Å². The van der Waals surface area contributed by atoms with Gasteiger partial charge in [0.1, 0.15) is 12.7 Å². The fraction of sp³-hybridized carbons (Fsp3) is 0.792. The number of rotatable bonds is 45. The number of allylic oxidation sites excluding steroid dienone is 6. The number of esters is 2. The molecule has 0 bridgehead atoms. The van der Waals surface area contributed by atoms with E-state index in [1.54, 1.807) is 24.3 Å². The summed E-state index contributed by atoms with van der Waals surface area (Å²) in [5, 5.41) is 30.0. The Bertz CT molecular complexity index is 1380. The van der Waals surface area contributed by atoms with Crippen molar-refractivity contribution in [3.05, 3.63) is 48.6 Å². The maximum atomic E-state index is 12.7. The monoisotopic (exact) mass is 967 g/mol. The Kier molecular flexibility index (Phi) is 40.8. The normalized spacial score (nSPS) is 15.4. The van der Waals surface area contributed by atoms with Gasteiger partial charge in [0, 0.05) is 12.8 Å². The molecule has 1 unspecified atom stereocenters. The molecule has 0 aromatic rings. The molecule has 0 aliphatic rings. The number of hydrogen-bond donors (Lipinski definition) is 6. The van der Waals surface area contributed by atoms with Gasteiger partial charge in [0.25, 0.3) is 0 Å². The first kappa shape index (κ1) is 63.0. The lowest BCUT2D eigenvalue weighted by molar-refractivity contribution is -0.161. The van der Waals surface area contributed by atoms with E-state index in [-0.39, 0.29) is 25.7 Å². The van der Waals surface area contributed by atoms with E-state index in [4.69, 9.17) is 23.8 Å². The molecule has 0 aliphatic carbocycles. The van der Waals surface area contributed by atoms with Gasteiger partial charge in [-0.15, -0.1) is 0 Å². The van der Waals surface area contributed by atoms with Crippen molar-refractivity contribution < 1.29 is 71.8 Å². The molecule has 0 aromatic carbocycles. The molecule has 380 valence electrons. The Morgan fingerprint density at radius 2 is 0.969 bits per heavy atom. The number of carbonyl (C=O) groups excluding carboxylic acids is 2. The summed E-state index contributed by atoms with van der Waals surface area (Å²) in [6.45, 7) is 3.76. The molecule has 0 aromatic heterocycles. The Morgan fingerprint density at radius 3 is 1.48 bits per heavy atom. The van der Waals surface area contributed by atoms with Crippen LogP contribution in [0.2, 0.25) is 0 Å². The second-order valence-corrected chi connectivity index (χ2v) is 20.0. The highest BCUT2D eigenvalue weighted by Gasteiger charge is 2.28. The van der Waals surface area contributed by atoms with Gasteiger partial charge >= 0.3 is 27.6 Å². The van der Waals surface area contributed by atoms with Gasteiger partial charge in [0.15, 0.2) is 6.10 Å². The fourth-order valence-corrected chi connectivity index (χ4v) is 7.73. The van der Waals surface area contributed by atoms with Crippen LogP contribution in [0.5, 0.6) is 0 Å². The second-order valence-electron chi connectivity index (χ2n) is 17.3. The van der Waals surface area contributed by atoms with E-state index in [0.717, 1.165) is 50.9 Å². The van der Waals surface area contributed by atoms with Gasteiger partial charge in [0.05, 0.1) is 32.0 Å². The lowest BCUT2D eigenvalue weighted by Gasteiger charge is -2.20. The summed E-state index contributed by atoms with van der Waals surface area (Å²) in [6.07, 6.45) is 36.0. The highest BCUT2D eigenvalue weighted by molar-refractivity contribution is 7.47. The summed E-state index contributed by atoms with van der Waals surface area (Å²) < 4.78 is 47.7. The molecule has 0 rings (SSSR count). The average Bonchev–Trinajstić information content (AvgIpc) is 3.24. The van der Waals surface area contributed by atoms with Crippen molar-refractivity contribution in [2.24, 2.45) is 5.92 Å². The molecule has 0 fully saturated rings. The molecular weight excluding hydrogens is 878 g/mol. The van der Waals surface area contributed by atoms with E-state index < -0.39 is 78.4 Å². The van der Waals surface area contributed by atoms with E-state index in [1.807, 2.05) is 24.3 Å². The number of hydrogen-bond acceptors (Lipinski definition) is 12. The summed E-state index contributed by atoms with van der Waals surface area (Å²) in [6, 6.07) is 0. The lowest BCUT2D eigenvalue weighted by Crippen LogP contribution is -2.30. The predicted molar refractivity (Wildman–Crippen MR) is 256 cm³/mol. The zero-order valence-electron chi connectivity index (χ0n) is 40.0. The van der Waals surface area contributed by atoms with Crippen molar-refractivity contribution in [1.82, 2.24) is 0 Å². The standard InChI is InChI=1S/C48H88O15P2/c1-4-5-25-32-43(49)33-27-22-18-16-19-23-28-34-44(50)35-30-37-48(53)63-46(41-62-65(57,58)61-39-45(51)38-60-64(54,55)56)40-59-47(52)36-29-24-20-15-13-11-9-7-6-8-10-12-14-17-21-26-31-42(2)3/h18-19,22-23,27-28,33-34,42-46,49-51H,4-17,20-21,24-26,29-32,35-41H2,1-3H3,(H,57,58)(H2,54,55,56)/b22-18-,23-19-,33-27+,34-28+/t43-,44-,45+,46-/m1/s1. The molecule has 0 heterocycles. The van der Waals surface area contributed by atoms with Gasteiger partial charge in [-0.3, -0.25) is 23.2 Å². The number of phosphoric ester groups is 2. The van der Waals surface area contributed by atoms with Gasteiger partial charge in [-0.05, 0) is 38.0 Å². The minimum absolute atomic E-state index is 0.116. The minimum Gasteiger partial charge on any atom is -0.462 e. The molecule has 15 nitrogen and oxygen atoms in total. The summed E-state index contributed by atoms with van der Waals surface area (Å²) >= 11 is 0. The van der Waals surface area contributed by atoms with Crippen LogP contribution in [-0.2, 0) is 41.8 Å². The van der Waals surface area contributed by atoms with Crippen LogP contribution in [0.15, 0.2) is 48.6 Å². The third-order valence-corrected chi connectivity index (χ3v) is 11.8. The molecule has 0 aliphatic heterocycles. The number of phosphoric acid groups is 2. The van der Waals surface area contributed by atoms with Crippen LogP contribution in [0.1, 0.15) is 188 Å². The highest BCUT2D eigenvalue weighted by Crippen LogP contribution is 2.44. The van der Waals surface area contributed by atoms with Gasteiger partial charge < -0.3 is 39.5 Å². The molecule has 5 atom stereocenters. The van der Waals surface area contributed by atoms with Crippen LogP contribution in [0, 0.1) is 5.92 Å². The Balaban J connectivity index is 4.64. The third-order valence-electron chi connectivity index (χ3n) is 10.3. The minimum atomic E-state index is -4.89. The topological polar surface area (TPSA) is 236 Å². The molecule has 0 amide bonds. The van der Waals surface area contributed by atoms with Crippen LogP contribution < -0.4 is 0 Å². The van der Waals surface area contributed by atoms with Crippen molar-refractivity contribution >= 4 is 27.6 Å².